The van der Waals surface area contributed by atoms with E-state index < -0.39 is 29.7 Å². The molecule has 2 aromatic carbocycles. The van der Waals surface area contributed by atoms with Gasteiger partial charge in [0.1, 0.15) is 24.0 Å². The number of carbonyl (C=O) groups excluding carboxylic acids is 5. The van der Waals surface area contributed by atoms with E-state index in [-0.39, 0.29) is 29.9 Å². The van der Waals surface area contributed by atoms with Gasteiger partial charge in [-0.2, -0.15) is 0 Å². The largest absolute Gasteiger partial charge is 0.469 e. The molecule has 5 amide bonds. The van der Waals surface area contributed by atoms with Gasteiger partial charge in [0.25, 0.3) is 11.8 Å². The Balaban J connectivity index is 0.735. The molecule has 0 aliphatic carbocycles. The second-order valence-corrected chi connectivity index (χ2v) is 14.7. The lowest BCUT2D eigenvalue weighted by molar-refractivity contribution is -0.136. The van der Waals surface area contributed by atoms with Crippen LogP contribution in [0.5, 0.6) is 0 Å². The molecule has 2 fully saturated rings. The first-order valence-electron chi connectivity index (χ1n) is 19.8. The van der Waals surface area contributed by atoms with E-state index in [0.717, 1.165) is 90.6 Å². The Hall–Kier alpha value is -6.38. The first kappa shape index (κ1) is 37.5. The molecular weight excluding hydrogens is 727 g/mol. The summed E-state index contributed by atoms with van der Waals surface area (Å²) < 4.78 is 7.42. The van der Waals surface area contributed by atoms with Crippen molar-refractivity contribution in [2.75, 3.05) is 42.9 Å². The number of piperidine rings is 1. The minimum atomic E-state index is -0.991. The summed E-state index contributed by atoms with van der Waals surface area (Å²) in [4.78, 5) is 73.4. The summed E-state index contributed by atoms with van der Waals surface area (Å²) in [5, 5.41) is 14.1. The van der Waals surface area contributed by atoms with E-state index in [1.807, 2.05) is 27.6 Å². The second-order valence-electron chi connectivity index (χ2n) is 14.7. The predicted octanol–water partition coefficient (Wildman–Crippen LogP) is 4.67. The monoisotopic (exact) mass is 771 g/mol. The number of piperazine rings is 1. The molecule has 5 aromatic rings. The van der Waals surface area contributed by atoms with Crippen LogP contribution in [0.2, 0.25) is 0 Å². The van der Waals surface area contributed by atoms with Gasteiger partial charge in [-0.3, -0.25) is 38.6 Å². The fraction of sp³-hybridized carbons (Fsp3) is 0.381. The second kappa shape index (κ2) is 16.8. The van der Waals surface area contributed by atoms with Crippen molar-refractivity contribution in [2.45, 2.75) is 70.3 Å². The molecule has 2 saturated heterocycles. The van der Waals surface area contributed by atoms with Gasteiger partial charge < -0.3 is 19.5 Å². The third-order valence-corrected chi connectivity index (χ3v) is 11.1. The molecule has 0 saturated carbocycles. The fourth-order valence-corrected chi connectivity index (χ4v) is 7.99. The Morgan fingerprint density at radius 1 is 0.860 bits per heavy atom. The Kier molecular flexibility index (Phi) is 11.0. The standard InChI is InChI=1S/C42H45N9O6/c52-36-19-17-34(40(54)46-36)51-41(55)31-9-6-10-33(38(31)42(51)56)43-20-5-3-1-2-4-11-37(53)49-23-21-48(22-24-49)29-14-12-28(13-15-29)32-26-44-35(50-27-45-47-39(32)50)18-16-30-8-7-25-57-30/h6-10,12-15,25-27,34,43H,1-5,11,16-24H2,(H,46,52,54). The summed E-state index contributed by atoms with van der Waals surface area (Å²) >= 11 is 0. The third kappa shape index (κ3) is 8.00. The van der Waals surface area contributed by atoms with Crippen molar-refractivity contribution in [3.63, 3.8) is 0 Å². The predicted molar refractivity (Wildman–Crippen MR) is 210 cm³/mol. The van der Waals surface area contributed by atoms with E-state index in [0.29, 0.717) is 38.2 Å². The zero-order valence-electron chi connectivity index (χ0n) is 31.7. The molecule has 294 valence electrons. The summed E-state index contributed by atoms with van der Waals surface area (Å²) in [6, 6.07) is 16.3. The van der Waals surface area contributed by atoms with Crippen LogP contribution in [0.15, 0.2) is 77.8 Å². The highest BCUT2D eigenvalue weighted by atomic mass is 16.3. The lowest BCUT2D eigenvalue weighted by Gasteiger charge is -2.36. The van der Waals surface area contributed by atoms with Gasteiger partial charge in [0.2, 0.25) is 17.7 Å². The van der Waals surface area contributed by atoms with Crippen molar-refractivity contribution < 1.29 is 28.4 Å². The number of hydrogen-bond donors (Lipinski definition) is 2. The molecule has 6 heterocycles. The number of rotatable bonds is 15. The van der Waals surface area contributed by atoms with Crippen molar-refractivity contribution in [1.82, 2.24) is 34.7 Å². The summed E-state index contributed by atoms with van der Waals surface area (Å²) in [7, 11) is 0. The molecule has 8 rings (SSSR count). The number of aryl methyl sites for hydroxylation is 2. The molecule has 1 atom stereocenters. The van der Waals surface area contributed by atoms with Gasteiger partial charge in [0.05, 0.1) is 17.4 Å². The minimum absolute atomic E-state index is 0.0803. The van der Waals surface area contributed by atoms with E-state index in [4.69, 9.17) is 9.40 Å². The normalized spacial score (nSPS) is 17.1. The Morgan fingerprint density at radius 3 is 2.46 bits per heavy atom. The zero-order valence-corrected chi connectivity index (χ0v) is 31.7. The quantitative estimate of drug-likeness (QED) is 0.112. The zero-order chi connectivity index (χ0) is 39.3. The van der Waals surface area contributed by atoms with Crippen LogP contribution in [0.4, 0.5) is 11.4 Å². The van der Waals surface area contributed by atoms with Crippen molar-refractivity contribution in [3.8, 4) is 11.1 Å². The highest BCUT2D eigenvalue weighted by Crippen LogP contribution is 2.33. The lowest BCUT2D eigenvalue weighted by Crippen LogP contribution is -2.54. The van der Waals surface area contributed by atoms with Crippen LogP contribution in [0, 0.1) is 0 Å². The number of fused-ring (bicyclic) bond motifs is 2. The molecular formula is C42H45N9O6. The third-order valence-electron chi connectivity index (χ3n) is 11.1. The molecule has 0 radical (unpaired) electrons. The Labute approximate surface area is 329 Å². The number of benzene rings is 2. The average Bonchev–Trinajstić information content (AvgIpc) is 4.00. The van der Waals surface area contributed by atoms with Crippen molar-refractivity contribution in [2.24, 2.45) is 0 Å². The molecule has 3 aliphatic rings. The summed E-state index contributed by atoms with van der Waals surface area (Å²) in [6.45, 7) is 3.55. The maximum absolute atomic E-state index is 13.3. The van der Waals surface area contributed by atoms with E-state index >= 15 is 0 Å². The summed E-state index contributed by atoms with van der Waals surface area (Å²) in [5.41, 5.74) is 4.91. The first-order valence-corrected chi connectivity index (χ1v) is 19.8. The van der Waals surface area contributed by atoms with Gasteiger partial charge in [-0.25, -0.2) is 4.98 Å². The van der Waals surface area contributed by atoms with Gasteiger partial charge in [-0.15, -0.1) is 10.2 Å². The molecule has 1 unspecified atom stereocenters. The maximum Gasteiger partial charge on any atom is 0.264 e. The number of nitrogens with one attached hydrogen (secondary N) is 2. The number of hydrogen-bond acceptors (Lipinski definition) is 11. The van der Waals surface area contributed by atoms with E-state index in [1.54, 1.807) is 30.8 Å². The SMILES string of the molecule is O=C1CCC(N2C(=O)c3cccc(NCCCCCCCC(=O)N4CCN(c5ccc(-c6cnc(CCc7ccco7)n7cnnc67)cc5)CC4)c3C2=O)C(=O)N1. The van der Waals surface area contributed by atoms with E-state index in [9.17, 15) is 24.0 Å². The average molecular weight is 772 g/mol. The maximum atomic E-state index is 13.3. The molecule has 2 N–H and O–H groups in total. The van der Waals surface area contributed by atoms with Crippen LogP contribution >= 0.6 is 0 Å². The first-order chi connectivity index (χ1) is 27.9. The number of carbonyl (C=O) groups is 5. The molecule has 15 heteroatoms. The van der Waals surface area contributed by atoms with Gasteiger partial charge in [-0.05, 0) is 61.2 Å². The van der Waals surface area contributed by atoms with Gasteiger partial charge >= 0.3 is 0 Å². The molecule has 15 nitrogen and oxygen atoms in total. The molecule has 57 heavy (non-hydrogen) atoms. The number of nitrogens with zero attached hydrogens (tertiary/aromatic N) is 7. The van der Waals surface area contributed by atoms with Crippen LogP contribution < -0.4 is 15.5 Å². The van der Waals surface area contributed by atoms with Crippen molar-refractivity contribution in [3.05, 3.63) is 96.1 Å². The number of imide groups is 2. The lowest BCUT2D eigenvalue weighted by atomic mass is 10.0. The number of amides is 5. The summed E-state index contributed by atoms with van der Waals surface area (Å²) in [5.74, 6) is -0.0653. The number of unbranched alkanes of at least 4 members (excludes halogenated alkanes) is 4. The summed E-state index contributed by atoms with van der Waals surface area (Å²) in [6.07, 6.45) is 12.0. The highest BCUT2D eigenvalue weighted by molar-refractivity contribution is 6.25. The van der Waals surface area contributed by atoms with Crippen LogP contribution in [0.25, 0.3) is 16.8 Å². The Bertz CT molecular complexity index is 2280. The molecule has 3 aromatic heterocycles. The fourth-order valence-electron chi connectivity index (χ4n) is 7.99. The molecule has 0 bridgehead atoms. The minimum Gasteiger partial charge on any atom is -0.469 e. The molecule has 3 aliphatic heterocycles. The van der Waals surface area contributed by atoms with E-state index in [1.165, 1.54) is 0 Å². The Morgan fingerprint density at radius 2 is 1.67 bits per heavy atom. The van der Waals surface area contributed by atoms with Gasteiger partial charge in [-0.1, -0.05) is 37.5 Å². The van der Waals surface area contributed by atoms with Crippen LogP contribution in [-0.4, -0.2) is 97.7 Å². The topological polar surface area (TPSA) is 175 Å². The number of furan rings is 1. The van der Waals surface area contributed by atoms with Crippen molar-refractivity contribution >= 4 is 46.6 Å². The van der Waals surface area contributed by atoms with Crippen LogP contribution in [0.3, 0.4) is 0 Å². The number of anilines is 2. The molecule has 0 spiro atoms. The van der Waals surface area contributed by atoms with Gasteiger partial charge in [0.15, 0.2) is 5.65 Å². The highest BCUT2D eigenvalue weighted by Gasteiger charge is 2.45. The van der Waals surface area contributed by atoms with Crippen molar-refractivity contribution in [1.29, 1.82) is 0 Å². The van der Waals surface area contributed by atoms with Crippen LogP contribution in [0.1, 0.15) is 83.7 Å². The smallest absolute Gasteiger partial charge is 0.264 e. The number of aromatic nitrogens is 4. The van der Waals surface area contributed by atoms with Gasteiger partial charge in [0, 0.05) is 81.5 Å². The van der Waals surface area contributed by atoms with E-state index in [2.05, 4.69) is 50.0 Å². The van der Waals surface area contributed by atoms with Crippen LogP contribution in [-0.2, 0) is 27.2 Å².